The van der Waals surface area contributed by atoms with Gasteiger partial charge in [-0.2, -0.15) is 5.26 Å². The SMILES string of the molecule is N#Cc1cc(N)ccc1OCc1ccnc2ccccc12. The van der Waals surface area contributed by atoms with Gasteiger partial charge in [-0.3, -0.25) is 4.98 Å². The van der Waals surface area contributed by atoms with Gasteiger partial charge >= 0.3 is 0 Å². The van der Waals surface area contributed by atoms with E-state index >= 15 is 0 Å². The first kappa shape index (κ1) is 12.9. The topological polar surface area (TPSA) is 71.9 Å². The van der Waals surface area contributed by atoms with E-state index in [1.54, 1.807) is 24.4 Å². The van der Waals surface area contributed by atoms with Crippen LogP contribution in [-0.2, 0) is 6.61 Å². The molecule has 2 aromatic carbocycles. The molecule has 3 aromatic rings. The Kier molecular flexibility index (Phi) is 3.40. The Balaban J connectivity index is 1.89. The van der Waals surface area contributed by atoms with Crippen LogP contribution in [0.15, 0.2) is 54.7 Å². The number of fused-ring (bicyclic) bond motifs is 1. The van der Waals surface area contributed by atoms with Crippen LogP contribution in [0.3, 0.4) is 0 Å². The van der Waals surface area contributed by atoms with Crippen LogP contribution in [0.1, 0.15) is 11.1 Å². The van der Waals surface area contributed by atoms with Gasteiger partial charge < -0.3 is 10.5 Å². The number of benzene rings is 2. The summed E-state index contributed by atoms with van der Waals surface area (Å²) >= 11 is 0. The smallest absolute Gasteiger partial charge is 0.137 e. The number of hydrogen-bond donors (Lipinski definition) is 1. The molecule has 0 bridgehead atoms. The summed E-state index contributed by atoms with van der Waals surface area (Å²) in [6, 6.07) is 17.0. The van der Waals surface area contributed by atoms with E-state index in [0.717, 1.165) is 16.5 Å². The van der Waals surface area contributed by atoms with Crippen LogP contribution in [0.25, 0.3) is 10.9 Å². The third-order valence-electron chi connectivity index (χ3n) is 3.25. The number of anilines is 1. The predicted octanol–water partition coefficient (Wildman–Crippen LogP) is 3.27. The van der Waals surface area contributed by atoms with E-state index in [2.05, 4.69) is 11.1 Å². The number of nitrogen functional groups attached to an aromatic ring is 1. The van der Waals surface area contributed by atoms with Gasteiger partial charge in [-0.1, -0.05) is 18.2 Å². The van der Waals surface area contributed by atoms with Gasteiger partial charge in [0, 0.05) is 22.8 Å². The van der Waals surface area contributed by atoms with E-state index < -0.39 is 0 Å². The molecule has 4 heteroatoms. The first-order valence-electron chi connectivity index (χ1n) is 6.53. The molecule has 102 valence electrons. The van der Waals surface area contributed by atoms with Crippen molar-refractivity contribution in [3.63, 3.8) is 0 Å². The van der Waals surface area contributed by atoms with Crippen molar-refractivity contribution in [2.75, 3.05) is 5.73 Å². The highest BCUT2D eigenvalue weighted by Crippen LogP contribution is 2.23. The van der Waals surface area contributed by atoms with Crippen molar-refractivity contribution in [2.45, 2.75) is 6.61 Å². The maximum absolute atomic E-state index is 9.12. The Morgan fingerprint density at radius 1 is 1.14 bits per heavy atom. The molecule has 21 heavy (non-hydrogen) atoms. The largest absolute Gasteiger partial charge is 0.487 e. The number of nitriles is 1. The zero-order valence-corrected chi connectivity index (χ0v) is 11.3. The molecule has 0 aliphatic heterocycles. The number of pyridine rings is 1. The predicted molar refractivity (Wildman–Crippen MR) is 81.6 cm³/mol. The highest BCUT2D eigenvalue weighted by molar-refractivity contribution is 5.81. The molecule has 4 nitrogen and oxygen atoms in total. The van der Waals surface area contributed by atoms with Crippen molar-refractivity contribution in [3.05, 3.63) is 65.9 Å². The second-order valence-corrected chi connectivity index (χ2v) is 4.64. The molecule has 0 saturated heterocycles. The summed E-state index contributed by atoms with van der Waals surface area (Å²) in [7, 11) is 0. The van der Waals surface area contributed by atoms with Crippen molar-refractivity contribution in [3.8, 4) is 11.8 Å². The number of nitrogens with zero attached hydrogens (tertiary/aromatic N) is 2. The summed E-state index contributed by atoms with van der Waals surface area (Å²) in [6.45, 7) is 0.377. The lowest BCUT2D eigenvalue weighted by Gasteiger charge is -2.10. The monoisotopic (exact) mass is 275 g/mol. The standard InChI is InChI=1S/C17H13N3O/c18-10-13-9-14(19)5-6-17(13)21-11-12-7-8-20-16-4-2-1-3-15(12)16/h1-9H,11,19H2. The molecule has 3 rings (SSSR count). The van der Waals surface area contributed by atoms with Crippen LogP contribution in [0.5, 0.6) is 5.75 Å². The van der Waals surface area contributed by atoms with Crippen LogP contribution in [0.4, 0.5) is 5.69 Å². The number of rotatable bonds is 3. The molecule has 0 aliphatic carbocycles. The maximum Gasteiger partial charge on any atom is 0.137 e. The zero-order chi connectivity index (χ0) is 14.7. The first-order valence-corrected chi connectivity index (χ1v) is 6.53. The average Bonchev–Trinajstić information content (AvgIpc) is 2.53. The van der Waals surface area contributed by atoms with E-state index in [-0.39, 0.29) is 0 Å². The van der Waals surface area contributed by atoms with Gasteiger partial charge in [0.25, 0.3) is 0 Å². The number of aromatic nitrogens is 1. The summed E-state index contributed by atoms with van der Waals surface area (Å²) in [5.74, 6) is 0.535. The first-order chi connectivity index (χ1) is 10.3. The Morgan fingerprint density at radius 2 is 2.00 bits per heavy atom. The molecule has 1 heterocycles. The summed E-state index contributed by atoms with van der Waals surface area (Å²) in [6.07, 6.45) is 1.76. The van der Waals surface area contributed by atoms with Gasteiger partial charge in [-0.25, -0.2) is 0 Å². The summed E-state index contributed by atoms with van der Waals surface area (Å²) in [5, 5.41) is 10.2. The van der Waals surface area contributed by atoms with Gasteiger partial charge in [-0.15, -0.1) is 0 Å². The van der Waals surface area contributed by atoms with Crippen molar-refractivity contribution in [1.82, 2.24) is 4.98 Å². The van der Waals surface area contributed by atoms with Crippen LogP contribution in [-0.4, -0.2) is 4.98 Å². The van der Waals surface area contributed by atoms with Crippen LogP contribution in [0, 0.1) is 11.3 Å². The Hall–Kier alpha value is -3.06. The lowest BCUT2D eigenvalue weighted by Crippen LogP contribution is -1.99. The molecule has 0 atom stereocenters. The summed E-state index contributed by atoms with van der Waals surface area (Å²) in [5.41, 5.74) is 8.61. The van der Waals surface area contributed by atoms with Crippen molar-refractivity contribution < 1.29 is 4.74 Å². The Morgan fingerprint density at radius 3 is 2.86 bits per heavy atom. The van der Waals surface area contributed by atoms with Crippen molar-refractivity contribution in [1.29, 1.82) is 5.26 Å². The van der Waals surface area contributed by atoms with Gasteiger partial charge in [0.1, 0.15) is 18.4 Å². The molecule has 0 spiro atoms. The zero-order valence-electron chi connectivity index (χ0n) is 11.3. The van der Waals surface area contributed by atoms with Crippen molar-refractivity contribution >= 4 is 16.6 Å². The summed E-state index contributed by atoms with van der Waals surface area (Å²) in [4.78, 5) is 4.32. The second kappa shape index (κ2) is 5.51. The van der Waals surface area contributed by atoms with Gasteiger partial charge in [0.2, 0.25) is 0 Å². The van der Waals surface area contributed by atoms with E-state index in [1.165, 1.54) is 0 Å². The van der Waals surface area contributed by atoms with Crippen LogP contribution >= 0.6 is 0 Å². The fourth-order valence-corrected chi connectivity index (χ4v) is 2.20. The third kappa shape index (κ3) is 2.63. The molecule has 0 amide bonds. The normalized spacial score (nSPS) is 10.2. The van der Waals surface area contributed by atoms with E-state index in [9.17, 15) is 0 Å². The van der Waals surface area contributed by atoms with Crippen LogP contribution in [0.2, 0.25) is 0 Å². The molecule has 0 saturated carbocycles. The summed E-state index contributed by atoms with van der Waals surface area (Å²) < 4.78 is 5.77. The Labute approximate surface area is 122 Å². The molecule has 1 aromatic heterocycles. The minimum Gasteiger partial charge on any atom is -0.487 e. The number of nitrogens with two attached hydrogens (primary N) is 1. The highest BCUT2D eigenvalue weighted by atomic mass is 16.5. The fourth-order valence-electron chi connectivity index (χ4n) is 2.20. The quantitative estimate of drug-likeness (QED) is 0.745. The van der Waals surface area contributed by atoms with Crippen molar-refractivity contribution in [2.24, 2.45) is 0 Å². The van der Waals surface area contributed by atoms with Crippen LogP contribution < -0.4 is 10.5 Å². The number of ether oxygens (including phenoxy) is 1. The number of hydrogen-bond acceptors (Lipinski definition) is 4. The van der Waals surface area contributed by atoms with Gasteiger partial charge in [0.05, 0.1) is 11.1 Å². The molecule has 0 fully saturated rings. The molecule has 0 unspecified atom stereocenters. The highest BCUT2D eigenvalue weighted by Gasteiger charge is 2.06. The lowest BCUT2D eigenvalue weighted by atomic mass is 10.1. The van der Waals surface area contributed by atoms with E-state index in [0.29, 0.717) is 23.6 Å². The minimum absolute atomic E-state index is 0.377. The molecule has 0 radical (unpaired) electrons. The van der Waals surface area contributed by atoms with E-state index in [1.807, 2.05) is 30.3 Å². The second-order valence-electron chi connectivity index (χ2n) is 4.64. The lowest BCUT2D eigenvalue weighted by molar-refractivity contribution is 0.307. The molecular formula is C17H13N3O. The third-order valence-corrected chi connectivity index (χ3v) is 3.25. The number of para-hydroxylation sites is 1. The maximum atomic E-state index is 9.12. The average molecular weight is 275 g/mol. The molecule has 2 N–H and O–H groups in total. The molecule has 0 aliphatic rings. The molecular weight excluding hydrogens is 262 g/mol. The van der Waals surface area contributed by atoms with Gasteiger partial charge in [0.15, 0.2) is 0 Å². The van der Waals surface area contributed by atoms with Gasteiger partial charge in [-0.05, 0) is 30.3 Å². The van der Waals surface area contributed by atoms with E-state index in [4.69, 9.17) is 15.7 Å². The Bertz CT molecular complexity index is 832. The fraction of sp³-hybridized carbons (Fsp3) is 0.0588. The minimum atomic E-state index is 0.377.